The number of sulfonamides is 1. The van der Waals surface area contributed by atoms with Crippen molar-refractivity contribution >= 4 is 66.7 Å². The van der Waals surface area contributed by atoms with Gasteiger partial charge in [0, 0.05) is 33.2 Å². The summed E-state index contributed by atoms with van der Waals surface area (Å²) in [4.78, 5) is 26.0. The Kier molecular flexibility index (Phi) is 9.44. The van der Waals surface area contributed by atoms with Crippen LogP contribution in [-0.4, -0.2) is 68.3 Å². The number of hydrogen-bond acceptors (Lipinski definition) is 6. The third kappa shape index (κ3) is 7.15. The lowest BCUT2D eigenvalue weighted by Crippen LogP contribution is -2.61. The predicted molar refractivity (Wildman–Crippen MR) is 159 cm³/mol. The Balaban J connectivity index is 1.60. The molecule has 4 rings (SSSR count). The van der Waals surface area contributed by atoms with Crippen molar-refractivity contribution in [1.29, 1.82) is 0 Å². The molecule has 9 nitrogen and oxygen atoms in total. The van der Waals surface area contributed by atoms with Crippen LogP contribution >= 0.6 is 39.1 Å². The fraction of sp³-hybridized carbons (Fsp3) is 0.259. The first kappa shape index (κ1) is 30.3. The molecule has 0 saturated carbocycles. The lowest BCUT2D eigenvalue weighted by molar-refractivity contribution is -0.125. The Bertz CT molecular complexity index is 1450. The van der Waals surface area contributed by atoms with Crippen molar-refractivity contribution in [2.24, 2.45) is 5.73 Å². The van der Waals surface area contributed by atoms with E-state index in [0.717, 1.165) is 17.4 Å². The van der Waals surface area contributed by atoms with E-state index in [1.165, 1.54) is 16.4 Å². The molecule has 0 radical (unpaired) electrons. The highest BCUT2D eigenvalue weighted by atomic mass is 79.9. The van der Waals surface area contributed by atoms with Crippen molar-refractivity contribution in [3.8, 4) is 0 Å². The van der Waals surface area contributed by atoms with Gasteiger partial charge < -0.3 is 16.2 Å². The average molecular weight is 670 g/mol. The monoisotopic (exact) mass is 668 g/mol. The van der Waals surface area contributed by atoms with Crippen molar-refractivity contribution < 1.29 is 23.1 Å². The summed E-state index contributed by atoms with van der Waals surface area (Å²) in [5, 5.41) is 13.3. The Hall–Kier alpha value is -2.67. The highest BCUT2D eigenvalue weighted by Crippen LogP contribution is 2.37. The van der Waals surface area contributed by atoms with Crippen LogP contribution in [0.3, 0.4) is 0 Å². The summed E-state index contributed by atoms with van der Waals surface area (Å²) >= 11 is 15.6. The molecule has 40 heavy (non-hydrogen) atoms. The van der Waals surface area contributed by atoms with E-state index in [4.69, 9.17) is 28.9 Å². The van der Waals surface area contributed by atoms with Crippen molar-refractivity contribution in [2.75, 3.05) is 30.2 Å². The normalized spacial score (nSPS) is 14.9. The van der Waals surface area contributed by atoms with Crippen molar-refractivity contribution in [1.82, 2.24) is 10.2 Å². The number of benzene rings is 3. The van der Waals surface area contributed by atoms with E-state index in [1.54, 1.807) is 6.07 Å². The number of hydrogen-bond donors (Lipinski definition) is 3. The molecule has 3 aromatic carbocycles. The topological polar surface area (TPSA) is 133 Å². The van der Waals surface area contributed by atoms with Gasteiger partial charge in [0.2, 0.25) is 15.9 Å². The highest BCUT2D eigenvalue weighted by molar-refractivity contribution is 9.10. The minimum atomic E-state index is -3.75. The van der Waals surface area contributed by atoms with Gasteiger partial charge in [0.25, 0.3) is 5.91 Å². The maximum atomic E-state index is 13.0. The molecule has 1 atom stereocenters. The van der Waals surface area contributed by atoms with E-state index in [1.807, 2.05) is 48.5 Å². The van der Waals surface area contributed by atoms with Crippen LogP contribution in [0.4, 0.5) is 5.69 Å². The van der Waals surface area contributed by atoms with E-state index in [2.05, 4.69) is 26.1 Å². The van der Waals surface area contributed by atoms with Gasteiger partial charge in [-0.15, -0.1) is 0 Å². The van der Waals surface area contributed by atoms with Crippen LogP contribution in [0.1, 0.15) is 27.5 Å². The number of halogens is 3. The maximum Gasteiger partial charge on any atom is 0.251 e. The molecule has 1 fully saturated rings. The van der Waals surface area contributed by atoms with Gasteiger partial charge >= 0.3 is 0 Å². The molecule has 1 aliphatic heterocycles. The van der Waals surface area contributed by atoms with Crippen LogP contribution in [-0.2, 0) is 14.8 Å². The number of rotatable bonds is 10. The first-order valence-corrected chi connectivity index (χ1v) is 15.5. The molecule has 212 valence electrons. The van der Waals surface area contributed by atoms with E-state index in [0.29, 0.717) is 33.3 Å². The van der Waals surface area contributed by atoms with E-state index < -0.39 is 34.0 Å². The number of primary amides is 1. The van der Waals surface area contributed by atoms with Gasteiger partial charge in [0.05, 0.1) is 30.6 Å². The molecule has 0 aromatic heterocycles. The maximum absolute atomic E-state index is 13.0. The van der Waals surface area contributed by atoms with Gasteiger partial charge in [0.1, 0.15) is 6.10 Å². The lowest BCUT2D eigenvalue weighted by atomic mass is 9.93. The second-order valence-electron chi connectivity index (χ2n) is 9.50. The van der Waals surface area contributed by atoms with Gasteiger partial charge in [-0.25, -0.2) is 8.42 Å². The highest BCUT2D eigenvalue weighted by Gasteiger charge is 2.41. The van der Waals surface area contributed by atoms with Crippen LogP contribution < -0.4 is 15.4 Å². The summed E-state index contributed by atoms with van der Waals surface area (Å²) in [5.74, 6) is -1.57. The minimum absolute atomic E-state index is 0.145. The standard InChI is InChI=1S/C27H27BrCl2N4O5S/c1-40(38,39)34(22-11-18(10-19(28)12-22)27(37)32-13-24(35)26(31)36)23-14-33(15-23)25(16-2-6-20(29)7-3-16)17-4-8-21(30)9-5-17/h2-12,23-25,35H,13-15H2,1H3,(H2,31,36)(H,32,37)/t24-/m0/s1. The molecule has 0 unspecified atom stereocenters. The van der Waals surface area contributed by atoms with Gasteiger partial charge in [-0.05, 0) is 53.6 Å². The van der Waals surface area contributed by atoms with Crippen molar-refractivity contribution in [3.05, 3.63) is 97.9 Å². The van der Waals surface area contributed by atoms with Crippen LogP contribution in [0, 0.1) is 0 Å². The van der Waals surface area contributed by atoms with Gasteiger partial charge in [-0.2, -0.15) is 0 Å². The predicted octanol–water partition coefficient (Wildman–Crippen LogP) is 3.57. The second-order valence-corrected chi connectivity index (χ2v) is 13.1. The molecule has 4 N–H and O–H groups in total. The molecule has 1 heterocycles. The minimum Gasteiger partial charge on any atom is -0.381 e. The third-order valence-corrected chi connectivity index (χ3v) is 8.69. The number of carbonyl (C=O) groups is 2. The Morgan fingerprint density at radius 1 is 1.05 bits per heavy atom. The number of aliphatic hydroxyl groups is 1. The van der Waals surface area contributed by atoms with E-state index in [-0.39, 0.29) is 18.2 Å². The number of aliphatic hydroxyl groups excluding tert-OH is 1. The van der Waals surface area contributed by atoms with Gasteiger partial charge in [-0.1, -0.05) is 63.4 Å². The molecule has 0 spiro atoms. The van der Waals surface area contributed by atoms with E-state index >= 15 is 0 Å². The van der Waals surface area contributed by atoms with Crippen molar-refractivity contribution in [3.63, 3.8) is 0 Å². The largest absolute Gasteiger partial charge is 0.381 e. The lowest BCUT2D eigenvalue weighted by Gasteiger charge is -2.48. The SMILES string of the molecule is CS(=O)(=O)N(c1cc(Br)cc(C(=O)NC[C@H](O)C(N)=O)c1)C1CN(C(c2ccc(Cl)cc2)c2ccc(Cl)cc2)C1. The Labute approximate surface area is 251 Å². The molecule has 0 bridgehead atoms. The summed E-state index contributed by atoms with van der Waals surface area (Å²) in [5.41, 5.74) is 7.47. The zero-order chi connectivity index (χ0) is 29.2. The number of likely N-dealkylation sites (tertiary alicyclic amines) is 1. The summed E-state index contributed by atoms with van der Waals surface area (Å²) in [6, 6.07) is 19.1. The van der Waals surface area contributed by atoms with Crippen LogP contribution in [0.25, 0.3) is 0 Å². The van der Waals surface area contributed by atoms with Crippen LogP contribution in [0.2, 0.25) is 10.0 Å². The number of nitrogens with one attached hydrogen (secondary N) is 1. The Morgan fingerprint density at radius 3 is 2.05 bits per heavy atom. The molecular formula is C27H27BrCl2N4O5S. The molecule has 13 heteroatoms. The summed E-state index contributed by atoms with van der Waals surface area (Å²) in [6.45, 7) is 0.462. The fourth-order valence-corrected chi connectivity index (χ4v) is 6.55. The summed E-state index contributed by atoms with van der Waals surface area (Å²) in [6.07, 6.45) is -0.423. The number of nitrogens with zero attached hydrogens (tertiary/aromatic N) is 2. The van der Waals surface area contributed by atoms with E-state index in [9.17, 15) is 23.1 Å². The summed E-state index contributed by atoms with van der Waals surface area (Å²) < 4.78 is 27.8. The number of carbonyl (C=O) groups excluding carboxylic acids is 2. The fourth-order valence-electron chi connectivity index (χ4n) is 4.65. The smallest absolute Gasteiger partial charge is 0.251 e. The van der Waals surface area contributed by atoms with Crippen LogP contribution in [0.15, 0.2) is 71.2 Å². The quantitative estimate of drug-likeness (QED) is 0.302. The van der Waals surface area contributed by atoms with Crippen LogP contribution in [0.5, 0.6) is 0 Å². The molecule has 0 aliphatic carbocycles. The van der Waals surface area contributed by atoms with Gasteiger partial charge in [-0.3, -0.25) is 18.8 Å². The number of amides is 2. The summed E-state index contributed by atoms with van der Waals surface area (Å²) in [7, 11) is -3.75. The Morgan fingerprint density at radius 2 is 1.57 bits per heavy atom. The van der Waals surface area contributed by atoms with Gasteiger partial charge in [0.15, 0.2) is 0 Å². The third-order valence-electron chi connectivity index (χ3n) is 6.50. The molecule has 1 saturated heterocycles. The molecule has 2 amide bonds. The average Bonchev–Trinajstić information content (AvgIpc) is 2.86. The molecule has 1 aliphatic rings. The van der Waals surface area contributed by atoms with Crippen molar-refractivity contribution in [2.45, 2.75) is 18.2 Å². The zero-order valence-electron chi connectivity index (χ0n) is 21.3. The second kappa shape index (κ2) is 12.5. The molecular weight excluding hydrogens is 643 g/mol. The zero-order valence-corrected chi connectivity index (χ0v) is 25.2. The first-order valence-electron chi connectivity index (χ1n) is 12.1. The number of nitrogens with two attached hydrogens (primary N) is 1. The number of anilines is 1. The molecule has 3 aromatic rings. The first-order chi connectivity index (χ1) is 18.8.